The number of Topliss-reactive ketones (excluding diaryl/α,β-unsaturated/α-hetero) is 2. The zero-order chi connectivity index (χ0) is 25.0. The second-order valence-electron chi connectivity index (χ2n) is 11.3. The molecule has 196 valence electrons. The number of ketones is 2. The standard InChI is InChI=1S/C14H22Br2O2.C13H21ClO2/c1-2-10(17)6-4-3-5-9-7-8-11-12(9)13(18)14(11,15)16;1-8(15)4-2-3-5-9-6-7-10-11(9)12(14)13(10)16/h9-12,17H,2-8H2,1H3;8-12,15H,2-7H2,1H3. The number of hydrogen-bond donors (Lipinski definition) is 2. The predicted octanol–water partition coefficient (Wildman–Crippen LogP) is 6.79. The van der Waals surface area contributed by atoms with Crippen LogP contribution in [-0.2, 0) is 9.59 Å². The maximum absolute atomic E-state index is 12.0. The van der Waals surface area contributed by atoms with Gasteiger partial charge in [0.05, 0.1) is 17.6 Å². The van der Waals surface area contributed by atoms with E-state index in [1.54, 1.807) is 0 Å². The highest BCUT2D eigenvalue weighted by molar-refractivity contribution is 9.26. The van der Waals surface area contributed by atoms with Gasteiger partial charge in [-0.05, 0) is 76.0 Å². The lowest BCUT2D eigenvalue weighted by Crippen LogP contribution is -2.54. The molecule has 9 atom stereocenters. The molecule has 7 heteroatoms. The molecule has 4 nitrogen and oxygen atoms in total. The monoisotopic (exact) mass is 624 g/mol. The minimum atomic E-state index is -0.405. The van der Waals surface area contributed by atoms with E-state index in [0.717, 1.165) is 64.2 Å². The number of halogens is 3. The van der Waals surface area contributed by atoms with E-state index < -0.39 is 3.23 Å². The van der Waals surface area contributed by atoms with E-state index in [9.17, 15) is 14.7 Å². The maximum Gasteiger partial charge on any atom is 0.164 e. The van der Waals surface area contributed by atoms with Gasteiger partial charge >= 0.3 is 0 Å². The summed E-state index contributed by atoms with van der Waals surface area (Å²) in [7, 11) is 0. The van der Waals surface area contributed by atoms with Crippen molar-refractivity contribution in [2.75, 3.05) is 0 Å². The van der Waals surface area contributed by atoms with Gasteiger partial charge in [-0.15, -0.1) is 11.6 Å². The molecule has 2 N–H and O–H groups in total. The minimum absolute atomic E-state index is 0.135. The molecule has 0 aromatic rings. The number of aliphatic hydroxyl groups excluding tert-OH is 2. The van der Waals surface area contributed by atoms with Crippen LogP contribution >= 0.6 is 43.5 Å². The molecule has 0 aromatic carbocycles. The first-order valence-corrected chi connectivity index (χ1v) is 15.6. The highest BCUT2D eigenvalue weighted by Crippen LogP contribution is 2.61. The summed E-state index contributed by atoms with van der Waals surface area (Å²) in [6, 6.07) is 0. The third kappa shape index (κ3) is 6.49. The van der Waals surface area contributed by atoms with E-state index >= 15 is 0 Å². The smallest absolute Gasteiger partial charge is 0.164 e. The van der Waals surface area contributed by atoms with E-state index in [1.807, 2.05) is 13.8 Å². The molecule has 0 aliphatic heterocycles. The summed E-state index contributed by atoms with van der Waals surface area (Å²) in [4.78, 5) is 23.5. The third-order valence-corrected chi connectivity index (χ3v) is 11.5. The SMILES string of the molecule is CC(O)CCCCC1CCC2C(=O)C(Cl)C12.CCC(O)CCCCC1CCC2C1C(=O)C2(Br)Br. The van der Waals surface area contributed by atoms with Crippen LogP contribution in [0.3, 0.4) is 0 Å². The normalized spacial score (nSPS) is 37.1. The van der Waals surface area contributed by atoms with Crippen molar-refractivity contribution in [2.24, 2.45) is 35.5 Å². The molecule has 0 spiro atoms. The van der Waals surface area contributed by atoms with Crippen molar-refractivity contribution in [3.63, 3.8) is 0 Å². The number of fused-ring (bicyclic) bond motifs is 2. The number of carbonyl (C=O) groups is 2. The summed E-state index contributed by atoms with van der Waals surface area (Å²) in [5.41, 5.74) is 0. The zero-order valence-electron chi connectivity index (χ0n) is 20.7. The molecule has 0 radical (unpaired) electrons. The van der Waals surface area contributed by atoms with Gasteiger partial charge in [-0.3, -0.25) is 9.59 Å². The Balaban J connectivity index is 0.000000192. The van der Waals surface area contributed by atoms with Crippen LogP contribution in [0.5, 0.6) is 0 Å². The molecular weight excluding hydrogens is 584 g/mol. The summed E-state index contributed by atoms with van der Waals surface area (Å²) in [5.74, 6) is 3.45. The summed E-state index contributed by atoms with van der Waals surface area (Å²) < 4.78 is -0.405. The molecule has 4 rings (SSSR count). The van der Waals surface area contributed by atoms with Gasteiger partial charge in [0.15, 0.2) is 11.6 Å². The first-order valence-electron chi connectivity index (χ1n) is 13.6. The largest absolute Gasteiger partial charge is 0.393 e. The molecule has 0 aromatic heterocycles. The quantitative estimate of drug-likeness (QED) is 0.196. The fourth-order valence-corrected chi connectivity index (χ4v) is 8.95. The highest BCUT2D eigenvalue weighted by Gasteiger charge is 2.63. The molecule has 34 heavy (non-hydrogen) atoms. The van der Waals surface area contributed by atoms with Crippen LogP contribution in [0, 0.1) is 35.5 Å². The van der Waals surface area contributed by atoms with Crippen molar-refractivity contribution >= 4 is 55.0 Å². The van der Waals surface area contributed by atoms with Gasteiger partial charge in [0.25, 0.3) is 0 Å². The fourth-order valence-electron chi connectivity index (χ4n) is 6.85. The topological polar surface area (TPSA) is 74.6 Å². The summed E-state index contributed by atoms with van der Waals surface area (Å²) >= 11 is 13.1. The molecule has 0 bridgehead atoms. The van der Waals surface area contributed by atoms with Crippen LogP contribution in [0.4, 0.5) is 0 Å². The van der Waals surface area contributed by atoms with Gasteiger partial charge < -0.3 is 10.2 Å². The average molecular weight is 627 g/mol. The van der Waals surface area contributed by atoms with Crippen molar-refractivity contribution in [3.05, 3.63) is 0 Å². The number of alkyl halides is 3. The van der Waals surface area contributed by atoms with Gasteiger partial charge in [-0.25, -0.2) is 0 Å². The molecule has 4 aliphatic rings. The minimum Gasteiger partial charge on any atom is -0.393 e. The average Bonchev–Trinajstić information content (AvgIpc) is 3.40. The van der Waals surface area contributed by atoms with Crippen molar-refractivity contribution in [1.82, 2.24) is 0 Å². The second-order valence-corrected chi connectivity index (χ2v) is 15.3. The Morgan fingerprint density at radius 1 is 0.971 bits per heavy atom. The summed E-state index contributed by atoms with van der Waals surface area (Å²) in [6.45, 7) is 3.86. The van der Waals surface area contributed by atoms with E-state index in [1.165, 1.54) is 19.3 Å². The second kappa shape index (κ2) is 12.8. The summed E-state index contributed by atoms with van der Waals surface area (Å²) in [5, 5.41) is 18.5. The lowest BCUT2D eigenvalue weighted by molar-refractivity contribution is -0.134. The Labute approximate surface area is 227 Å². The third-order valence-electron chi connectivity index (χ3n) is 9.00. The van der Waals surface area contributed by atoms with Crippen LogP contribution in [-0.4, -0.2) is 42.6 Å². The van der Waals surface area contributed by atoms with E-state index in [2.05, 4.69) is 31.9 Å². The fraction of sp³-hybridized carbons (Fsp3) is 0.926. The Morgan fingerprint density at radius 2 is 1.59 bits per heavy atom. The Hall–Kier alpha value is 0.510. The molecule has 0 heterocycles. The number of aliphatic hydroxyl groups is 2. The van der Waals surface area contributed by atoms with E-state index in [0.29, 0.717) is 41.3 Å². The van der Waals surface area contributed by atoms with Gasteiger partial charge in [0.1, 0.15) is 3.23 Å². The van der Waals surface area contributed by atoms with Crippen LogP contribution in [0.15, 0.2) is 0 Å². The molecule has 4 saturated carbocycles. The van der Waals surface area contributed by atoms with E-state index in [4.69, 9.17) is 16.7 Å². The Bertz CT molecular complexity index is 700. The number of unbranched alkanes of at least 4 members (excludes halogenated alkanes) is 2. The van der Waals surface area contributed by atoms with Gasteiger partial charge in [-0.1, -0.05) is 70.9 Å². The van der Waals surface area contributed by atoms with Gasteiger partial charge in [-0.2, -0.15) is 0 Å². The molecule has 4 fully saturated rings. The molecule has 0 saturated heterocycles. The first-order chi connectivity index (χ1) is 16.1. The number of carbonyl (C=O) groups excluding carboxylic acids is 2. The summed E-state index contributed by atoms with van der Waals surface area (Å²) in [6.07, 6.45) is 13.8. The molecular formula is C27H43Br2ClO4. The van der Waals surface area contributed by atoms with Gasteiger partial charge in [0, 0.05) is 17.8 Å². The Morgan fingerprint density at radius 3 is 2.24 bits per heavy atom. The number of hydrogen-bond acceptors (Lipinski definition) is 4. The molecule has 9 unspecified atom stereocenters. The molecule has 0 amide bonds. The first kappa shape index (κ1) is 29.1. The van der Waals surface area contributed by atoms with Crippen molar-refractivity contribution in [2.45, 2.75) is 118 Å². The van der Waals surface area contributed by atoms with Crippen LogP contribution in [0.25, 0.3) is 0 Å². The predicted molar refractivity (Wildman–Crippen MR) is 145 cm³/mol. The highest BCUT2D eigenvalue weighted by atomic mass is 79.9. The van der Waals surface area contributed by atoms with Crippen molar-refractivity contribution in [1.29, 1.82) is 0 Å². The van der Waals surface area contributed by atoms with Crippen molar-refractivity contribution < 1.29 is 19.8 Å². The lowest BCUT2D eigenvalue weighted by atomic mass is 9.70. The Kier molecular flexibility index (Phi) is 11.0. The van der Waals surface area contributed by atoms with Crippen LogP contribution < -0.4 is 0 Å². The molecule has 4 aliphatic carbocycles. The van der Waals surface area contributed by atoms with Crippen LogP contribution in [0.1, 0.15) is 97.3 Å². The number of rotatable bonds is 11. The zero-order valence-corrected chi connectivity index (χ0v) is 24.7. The lowest BCUT2D eigenvalue weighted by Gasteiger charge is -2.44. The maximum atomic E-state index is 12.0. The van der Waals surface area contributed by atoms with Crippen molar-refractivity contribution in [3.8, 4) is 0 Å². The van der Waals surface area contributed by atoms with E-state index in [-0.39, 0.29) is 23.4 Å². The van der Waals surface area contributed by atoms with Gasteiger partial charge in [0.2, 0.25) is 0 Å². The van der Waals surface area contributed by atoms with Crippen LogP contribution in [0.2, 0.25) is 0 Å².